The first-order valence-corrected chi connectivity index (χ1v) is 6.32. The summed E-state index contributed by atoms with van der Waals surface area (Å²) in [4.78, 5) is 4.42. The van der Waals surface area contributed by atoms with Crippen molar-refractivity contribution in [2.24, 2.45) is 12.8 Å². The fraction of sp³-hybridized carbons (Fsp3) is 0.308. The second kappa shape index (κ2) is 4.63. The van der Waals surface area contributed by atoms with Gasteiger partial charge in [0.25, 0.3) is 0 Å². The van der Waals surface area contributed by atoms with Crippen LogP contribution in [0.2, 0.25) is 0 Å². The van der Waals surface area contributed by atoms with E-state index in [2.05, 4.69) is 53.0 Å². The summed E-state index contributed by atoms with van der Waals surface area (Å²) in [6.07, 6.45) is 0. The third kappa shape index (κ3) is 2.15. The van der Waals surface area contributed by atoms with Crippen LogP contribution in [0.4, 0.5) is 0 Å². The topological polar surface area (TPSA) is 43.8 Å². The molecule has 0 aliphatic carbocycles. The first-order chi connectivity index (χ1) is 8.04. The molecule has 0 spiro atoms. The normalized spacial score (nSPS) is 10.9. The molecule has 0 atom stereocenters. The molecule has 0 radical (unpaired) electrons. The predicted molar refractivity (Wildman–Crippen MR) is 73.7 cm³/mol. The van der Waals surface area contributed by atoms with Gasteiger partial charge >= 0.3 is 0 Å². The first-order valence-electron chi connectivity index (χ1n) is 5.53. The van der Waals surface area contributed by atoms with Crippen LogP contribution in [0.25, 0.3) is 11.3 Å². The molecule has 0 fully saturated rings. The van der Waals surface area contributed by atoms with Gasteiger partial charge in [-0.3, -0.25) is 0 Å². The van der Waals surface area contributed by atoms with Crippen molar-refractivity contribution in [2.45, 2.75) is 20.4 Å². The zero-order valence-electron chi connectivity index (χ0n) is 10.3. The van der Waals surface area contributed by atoms with E-state index >= 15 is 0 Å². The molecular formula is C13H16BrN3. The molecule has 0 aliphatic heterocycles. The van der Waals surface area contributed by atoms with E-state index in [1.54, 1.807) is 0 Å². The summed E-state index contributed by atoms with van der Waals surface area (Å²) in [6.45, 7) is 4.66. The zero-order valence-corrected chi connectivity index (χ0v) is 11.9. The Hall–Kier alpha value is -1.13. The highest BCUT2D eigenvalue weighted by atomic mass is 79.9. The van der Waals surface area contributed by atoms with E-state index in [0.717, 1.165) is 16.1 Å². The second-order valence-corrected chi connectivity index (χ2v) is 5.00. The molecule has 4 heteroatoms. The van der Waals surface area contributed by atoms with Gasteiger partial charge < -0.3 is 10.3 Å². The predicted octanol–water partition coefficient (Wildman–Crippen LogP) is 2.93. The summed E-state index contributed by atoms with van der Waals surface area (Å²) in [5.41, 5.74) is 10.5. The first kappa shape index (κ1) is 12.3. The third-order valence-corrected chi connectivity index (χ3v) is 3.52. The van der Waals surface area contributed by atoms with Crippen molar-refractivity contribution < 1.29 is 0 Å². The summed E-state index contributed by atoms with van der Waals surface area (Å²) in [6, 6.07) is 6.42. The quantitative estimate of drug-likeness (QED) is 0.925. The Labute approximate surface area is 110 Å². The fourth-order valence-electron chi connectivity index (χ4n) is 2.06. The summed E-state index contributed by atoms with van der Waals surface area (Å²) >= 11 is 3.51. The van der Waals surface area contributed by atoms with Crippen molar-refractivity contribution in [1.29, 1.82) is 0 Å². The van der Waals surface area contributed by atoms with Crippen molar-refractivity contribution in [2.75, 3.05) is 0 Å². The van der Waals surface area contributed by atoms with Gasteiger partial charge in [0.2, 0.25) is 0 Å². The number of nitrogens with zero attached hydrogens (tertiary/aromatic N) is 2. The maximum Gasteiger partial charge on any atom is 0.132 e. The highest BCUT2D eigenvalue weighted by molar-refractivity contribution is 9.10. The summed E-state index contributed by atoms with van der Waals surface area (Å²) in [5.74, 6) is 0.881. The van der Waals surface area contributed by atoms with E-state index < -0.39 is 0 Å². The van der Waals surface area contributed by atoms with E-state index in [4.69, 9.17) is 5.73 Å². The number of aryl methyl sites for hydroxylation is 2. The largest absolute Gasteiger partial charge is 0.329 e. The molecule has 90 valence electrons. The summed E-state index contributed by atoms with van der Waals surface area (Å²) in [5, 5.41) is 0. The van der Waals surface area contributed by atoms with Gasteiger partial charge in [-0.25, -0.2) is 4.98 Å². The molecule has 0 amide bonds. The Morgan fingerprint density at radius 1 is 1.35 bits per heavy atom. The van der Waals surface area contributed by atoms with Crippen molar-refractivity contribution >= 4 is 15.9 Å². The Balaban J connectivity index is 2.64. The van der Waals surface area contributed by atoms with Crippen LogP contribution in [0.1, 0.15) is 17.0 Å². The molecule has 2 N–H and O–H groups in total. The minimum absolute atomic E-state index is 0.444. The highest BCUT2D eigenvalue weighted by Gasteiger charge is 2.15. The molecule has 17 heavy (non-hydrogen) atoms. The molecule has 2 aromatic rings. The van der Waals surface area contributed by atoms with Crippen molar-refractivity contribution in [3.63, 3.8) is 0 Å². The maximum absolute atomic E-state index is 5.67. The van der Waals surface area contributed by atoms with Gasteiger partial charge in [-0.15, -0.1) is 0 Å². The Kier molecular flexibility index (Phi) is 3.35. The van der Waals surface area contributed by atoms with Crippen LogP contribution in [0.5, 0.6) is 0 Å². The van der Waals surface area contributed by atoms with Gasteiger partial charge in [-0.1, -0.05) is 23.8 Å². The van der Waals surface area contributed by atoms with Crippen LogP contribution in [-0.4, -0.2) is 9.55 Å². The maximum atomic E-state index is 5.67. The van der Waals surface area contributed by atoms with Crippen LogP contribution in [0.15, 0.2) is 22.8 Å². The van der Waals surface area contributed by atoms with E-state index in [-0.39, 0.29) is 0 Å². The standard InChI is InChI=1S/C13H16BrN3/c1-8-4-5-10(9(2)6-8)12-13(14)16-11(7-15)17(12)3/h4-6H,7,15H2,1-3H3. The van der Waals surface area contributed by atoms with Gasteiger partial charge in [-0.05, 0) is 35.3 Å². The van der Waals surface area contributed by atoms with Crippen LogP contribution in [0, 0.1) is 13.8 Å². The lowest BCUT2D eigenvalue weighted by Crippen LogP contribution is -2.05. The molecule has 0 unspecified atom stereocenters. The molecule has 1 heterocycles. The van der Waals surface area contributed by atoms with Crippen LogP contribution >= 0.6 is 15.9 Å². The van der Waals surface area contributed by atoms with E-state index in [0.29, 0.717) is 6.54 Å². The van der Waals surface area contributed by atoms with Crippen molar-refractivity contribution in [3.8, 4) is 11.3 Å². The number of imidazole rings is 1. The molecule has 1 aromatic carbocycles. The Morgan fingerprint density at radius 3 is 2.59 bits per heavy atom. The minimum Gasteiger partial charge on any atom is -0.329 e. The van der Waals surface area contributed by atoms with Crippen LogP contribution in [-0.2, 0) is 13.6 Å². The molecule has 0 saturated heterocycles. The van der Waals surface area contributed by atoms with E-state index in [9.17, 15) is 0 Å². The van der Waals surface area contributed by atoms with Crippen LogP contribution in [0.3, 0.4) is 0 Å². The lowest BCUT2D eigenvalue weighted by molar-refractivity contribution is 0.798. The smallest absolute Gasteiger partial charge is 0.132 e. The zero-order chi connectivity index (χ0) is 12.6. The van der Waals surface area contributed by atoms with Gasteiger partial charge in [0.05, 0.1) is 12.2 Å². The number of halogens is 1. The Morgan fingerprint density at radius 2 is 2.06 bits per heavy atom. The molecule has 2 rings (SSSR count). The lowest BCUT2D eigenvalue weighted by atomic mass is 10.0. The summed E-state index contributed by atoms with van der Waals surface area (Å²) in [7, 11) is 1.99. The van der Waals surface area contributed by atoms with Gasteiger partial charge in [0.15, 0.2) is 0 Å². The third-order valence-electron chi connectivity index (χ3n) is 2.96. The highest BCUT2D eigenvalue weighted by Crippen LogP contribution is 2.31. The molecule has 0 aliphatic rings. The van der Waals surface area contributed by atoms with Gasteiger partial charge in [-0.2, -0.15) is 0 Å². The fourth-order valence-corrected chi connectivity index (χ4v) is 2.75. The molecule has 3 nitrogen and oxygen atoms in total. The molecular weight excluding hydrogens is 278 g/mol. The van der Waals surface area contributed by atoms with Crippen molar-refractivity contribution in [1.82, 2.24) is 9.55 Å². The second-order valence-electron chi connectivity index (χ2n) is 4.25. The number of hydrogen-bond acceptors (Lipinski definition) is 2. The SMILES string of the molecule is Cc1ccc(-c2c(Br)nc(CN)n2C)c(C)c1. The monoisotopic (exact) mass is 293 g/mol. The van der Waals surface area contributed by atoms with Crippen LogP contribution < -0.4 is 5.73 Å². The average Bonchev–Trinajstić information content (AvgIpc) is 2.55. The Bertz CT molecular complexity index is 558. The average molecular weight is 294 g/mol. The number of benzene rings is 1. The number of hydrogen-bond donors (Lipinski definition) is 1. The number of aromatic nitrogens is 2. The van der Waals surface area contributed by atoms with E-state index in [1.807, 2.05) is 11.6 Å². The lowest BCUT2D eigenvalue weighted by Gasteiger charge is -2.09. The minimum atomic E-state index is 0.444. The van der Waals surface area contributed by atoms with Gasteiger partial charge in [0, 0.05) is 12.6 Å². The van der Waals surface area contributed by atoms with Crippen molar-refractivity contribution in [3.05, 3.63) is 39.8 Å². The molecule has 1 aromatic heterocycles. The number of nitrogens with two attached hydrogens (primary N) is 1. The van der Waals surface area contributed by atoms with E-state index in [1.165, 1.54) is 16.7 Å². The molecule has 0 saturated carbocycles. The van der Waals surface area contributed by atoms with Gasteiger partial charge in [0.1, 0.15) is 10.4 Å². The number of rotatable bonds is 2. The molecule has 0 bridgehead atoms. The summed E-state index contributed by atoms with van der Waals surface area (Å²) < 4.78 is 2.90.